The molecule has 0 heterocycles. The zero-order valence-corrected chi connectivity index (χ0v) is 26.3. The van der Waals surface area contributed by atoms with Gasteiger partial charge >= 0.3 is 12.2 Å². The summed E-state index contributed by atoms with van der Waals surface area (Å²) in [6.45, 7) is 8.86. The first kappa shape index (κ1) is 35.1. The van der Waals surface area contributed by atoms with Crippen molar-refractivity contribution in [1.82, 2.24) is 5.32 Å². The second-order valence-electron chi connectivity index (χ2n) is 10.3. The van der Waals surface area contributed by atoms with E-state index in [-0.39, 0.29) is 11.9 Å². The van der Waals surface area contributed by atoms with Crippen LogP contribution in [0.3, 0.4) is 0 Å². The van der Waals surface area contributed by atoms with Crippen LogP contribution >= 0.6 is 0 Å². The fourth-order valence-electron chi connectivity index (χ4n) is 3.52. The third-order valence-electron chi connectivity index (χ3n) is 6.38. The van der Waals surface area contributed by atoms with Crippen LogP contribution in [0.2, 0.25) is 0 Å². The molecule has 3 aromatic carbocycles. The minimum atomic E-state index is -0.797. The van der Waals surface area contributed by atoms with Gasteiger partial charge in [0.15, 0.2) is 6.61 Å². The number of anilines is 1. The van der Waals surface area contributed by atoms with Crippen molar-refractivity contribution in [2.24, 2.45) is 10.7 Å². The molecule has 0 aliphatic carbocycles. The number of nitrogens with two attached hydrogens (primary N) is 1. The lowest BCUT2D eigenvalue weighted by Gasteiger charge is -2.21. The Labute approximate surface area is 258 Å². The zero-order chi connectivity index (χ0) is 32.7. The summed E-state index contributed by atoms with van der Waals surface area (Å²) in [4.78, 5) is 39.8. The molecular weight excluding hydrogens is 564 g/mol. The van der Waals surface area contributed by atoms with Crippen LogP contribution < -0.4 is 25.8 Å². The second kappa shape index (κ2) is 17.2. The molecule has 0 aliphatic heterocycles. The molecule has 0 bridgehead atoms. The molecule has 1 unspecified atom stereocenters. The third-order valence-corrected chi connectivity index (χ3v) is 6.38. The molecule has 3 amide bonds. The SMILES string of the molecule is CCC(C)(C)OC(=O)/N=C(\N)c1ccc(NC(=O)OCC(=O)NC(C)c2cccc(OC)c2)cc1.COc1cccc(C)c1. The van der Waals surface area contributed by atoms with Gasteiger partial charge in [0.25, 0.3) is 5.91 Å². The summed E-state index contributed by atoms with van der Waals surface area (Å²) >= 11 is 0. The number of hydrogen-bond acceptors (Lipinski definition) is 7. The van der Waals surface area contributed by atoms with Gasteiger partial charge in [-0.2, -0.15) is 4.99 Å². The molecule has 11 nitrogen and oxygen atoms in total. The van der Waals surface area contributed by atoms with Crippen molar-refractivity contribution in [3.63, 3.8) is 0 Å². The van der Waals surface area contributed by atoms with E-state index in [1.807, 2.05) is 63.2 Å². The molecule has 236 valence electrons. The van der Waals surface area contributed by atoms with Crippen LogP contribution in [0.4, 0.5) is 15.3 Å². The van der Waals surface area contributed by atoms with Crippen LogP contribution in [-0.4, -0.2) is 50.4 Å². The minimum absolute atomic E-state index is 0.0159. The third kappa shape index (κ3) is 12.4. The maximum atomic E-state index is 12.1. The number of aryl methyl sites for hydroxylation is 1. The van der Waals surface area contributed by atoms with Crippen LogP contribution in [-0.2, 0) is 14.3 Å². The molecular formula is C33H42N4O7. The smallest absolute Gasteiger partial charge is 0.436 e. The predicted molar refractivity (Wildman–Crippen MR) is 170 cm³/mol. The van der Waals surface area contributed by atoms with Gasteiger partial charge in [-0.1, -0.05) is 31.2 Å². The van der Waals surface area contributed by atoms with Crippen LogP contribution in [0.1, 0.15) is 56.8 Å². The number of benzene rings is 3. The molecule has 44 heavy (non-hydrogen) atoms. The highest BCUT2D eigenvalue weighted by atomic mass is 16.6. The van der Waals surface area contributed by atoms with E-state index in [0.29, 0.717) is 23.4 Å². The number of nitrogens with zero attached hydrogens (tertiary/aromatic N) is 1. The Bertz CT molecular complexity index is 1420. The highest BCUT2D eigenvalue weighted by molar-refractivity contribution is 6.03. The molecule has 4 N–H and O–H groups in total. The summed E-state index contributed by atoms with van der Waals surface area (Å²) in [5.41, 5.74) is 8.20. The van der Waals surface area contributed by atoms with Crippen molar-refractivity contribution in [2.45, 2.75) is 52.7 Å². The van der Waals surface area contributed by atoms with Gasteiger partial charge in [-0.3, -0.25) is 10.1 Å². The molecule has 0 saturated carbocycles. The van der Waals surface area contributed by atoms with Gasteiger partial charge in [0.2, 0.25) is 0 Å². The lowest BCUT2D eigenvalue weighted by atomic mass is 10.1. The second-order valence-corrected chi connectivity index (χ2v) is 10.3. The molecule has 1 atom stereocenters. The Hall–Kier alpha value is -5.06. The molecule has 0 aliphatic rings. The van der Waals surface area contributed by atoms with Crippen molar-refractivity contribution >= 4 is 29.6 Å². The van der Waals surface area contributed by atoms with E-state index in [0.717, 1.165) is 11.3 Å². The zero-order valence-electron chi connectivity index (χ0n) is 26.3. The predicted octanol–water partition coefficient (Wildman–Crippen LogP) is 6.16. The molecule has 0 aromatic heterocycles. The number of aliphatic imine (C=N–C) groups is 1. The van der Waals surface area contributed by atoms with Gasteiger partial charge in [-0.05, 0) is 93.8 Å². The van der Waals surface area contributed by atoms with Gasteiger partial charge in [-0.25, -0.2) is 9.59 Å². The highest BCUT2D eigenvalue weighted by Gasteiger charge is 2.20. The summed E-state index contributed by atoms with van der Waals surface area (Å²) in [5.74, 6) is 1.14. The number of rotatable bonds is 10. The summed E-state index contributed by atoms with van der Waals surface area (Å²) < 4.78 is 20.4. The van der Waals surface area contributed by atoms with Crippen LogP contribution in [0.25, 0.3) is 0 Å². The summed E-state index contributed by atoms with van der Waals surface area (Å²) in [5, 5.41) is 5.27. The number of amides is 3. The van der Waals surface area contributed by atoms with Crippen molar-refractivity contribution < 1.29 is 33.3 Å². The molecule has 3 aromatic rings. The monoisotopic (exact) mass is 606 g/mol. The van der Waals surface area contributed by atoms with E-state index in [4.69, 9.17) is 24.7 Å². The van der Waals surface area contributed by atoms with Crippen LogP contribution in [0, 0.1) is 6.92 Å². The first-order valence-corrected chi connectivity index (χ1v) is 14.0. The van der Waals surface area contributed by atoms with Gasteiger partial charge in [0.05, 0.1) is 20.3 Å². The van der Waals surface area contributed by atoms with E-state index in [1.165, 1.54) is 5.56 Å². The number of methoxy groups -OCH3 is 2. The highest BCUT2D eigenvalue weighted by Crippen LogP contribution is 2.19. The average Bonchev–Trinajstić information content (AvgIpc) is 3.00. The van der Waals surface area contributed by atoms with Gasteiger partial charge < -0.3 is 30.0 Å². The Morgan fingerprint density at radius 3 is 2.11 bits per heavy atom. The van der Waals surface area contributed by atoms with Crippen LogP contribution in [0.15, 0.2) is 77.8 Å². The maximum absolute atomic E-state index is 12.1. The topological polar surface area (TPSA) is 151 Å². The summed E-state index contributed by atoms with van der Waals surface area (Å²) in [6.07, 6.45) is -0.943. The van der Waals surface area contributed by atoms with E-state index in [9.17, 15) is 14.4 Å². The molecule has 0 radical (unpaired) electrons. The fourth-order valence-corrected chi connectivity index (χ4v) is 3.52. The lowest BCUT2D eigenvalue weighted by Crippen LogP contribution is -2.31. The van der Waals surface area contributed by atoms with E-state index < -0.39 is 30.3 Å². The molecule has 11 heteroatoms. The fraction of sp³-hybridized carbons (Fsp3) is 0.333. The average molecular weight is 607 g/mol. The first-order valence-electron chi connectivity index (χ1n) is 14.0. The number of nitrogens with one attached hydrogen (secondary N) is 2. The van der Waals surface area contributed by atoms with Crippen molar-refractivity contribution in [3.05, 3.63) is 89.5 Å². The lowest BCUT2D eigenvalue weighted by molar-refractivity contribution is -0.124. The number of carbonyl (C=O) groups is 3. The molecule has 0 fully saturated rings. The van der Waals surface area contributed by atoms with Crippen LogP contribution in [0.5, 0.6) is 11.5 Å². The van der Waals surface area contributed by atoms with E-state index in [2.05, 4.69) is 15.6 Å². The van der Waals surface area contributed by atoms with E-state index in [1.54, 1.807) is 58.4 Å². The minimum Gasteiger partial charge on any atom is -0.497 e. The van der Waals surface area contributed by atoms with Gasteiger partial charge in [0.1, 0.15) is 22.9 Å². The summed E-state index contributed by atoms with van der Waals surface area (Å²) in [6, 6.07) is 21.2. The largest absolute Gasteiger partial charge is 0.497 e. The number of hydrogen-bond donors (Lipinski definition) is 3. The summed E-state index contributed by atoms with van der Waals surface area (Å²) in [7, 11) is 3.24. The maximum Gasteiger partial charge on any atom is 0.436 e. The van der Waals surface area contributed by atoms with Gasteiger partial charge in [0, 0.05) is 11.3 Å². The van der Waals surface area contributed by atoms with Crippen molar-refractivity contribution in [3.8, 4) is 11.5 Å². The number of carbonyl (C=O) groups excluding carboxylic acids is 3. The Kier molecular flexibility index (Phi) is 13.7. The van der Waals surface area contributed by atoms with E-state index >= 15 is 0 Å². The first-order chi connectivity index (χ1) is 20.8. The van der Waals surface area contributed by atoms with Crippen molar-refractivity contribution in [1.29, 1.82) is 0 Å². The Balaban J connectivity index is 0.000000639. The molecule has 0 spiro atoms. The quantitative estimate of drug-likeness (QED) is 0.184. The number of amidine groups is 1. The molecule has 3 rings (SSSR count). The normalized spacial score (nSPS) is 11.7. The Morgan fingerprint density at radius 2 is 1.55 bits per heavy atom. The molecule has 0 saturated heterocycles. The van der Waals surface area contributed by atoms with Gasteiger partial charge in [-0.15, -0.1) is 0 Å². The van der Waals surface area contributed by atoms with Crippen molar-refractivity contribution in [2.75, 3.05) is 26.1 Å². The number of ether oxygens (including phenoxy) is 4. The Morgan fingerprint density at radius 1 is 0.932 bits per heavy atom. The standard InChI is InChI=1S/C25H32N4O6.C8H10O/c1-6-25(3,4)35-24(32)29-22(26)17-10-12-19(13-11-17)28-23(31)34-15-21(30)27-16(2)18-8-7-9-20(14-18)33-5;1-7-4-3-5-8(6-7)9-2/h7-14,16H,6,15H2,1-5H3,(H,27,30)(H,28,31)(H2,26,29,32);3-6H,1-2H3.